The first-order valence-corrected chi connectivity index (χ1v) is 7.09. The van der Waals surface area contributed by atoms with Crippen molar-refractivity contribution in [1.82, 2.24) is 0 Å². The first kappa shape index (κ1) is 13.8. The lowest BCUT2D eigenvalue weighted by atomic mass is 9.73. The molecule has 2 heteroatoms. The molecule has 0 heterocycles. The zero-order chi connectivity index (χ0) is 13.7. The molecule has 1 aromatic carbocycles. The molecular weight excluding hydrogens is 232 g/mol. The topological polar surface area (TPSA) is 36.1 Å². The molecule has 1 saturated carbocycles. The highest BCUT2D eigenvalue weighted by molar-refractivity contribution is 5.66. The molecule has 1 atom stereocenters. The van der Waals surface area contributed by atoms with Gasteiger partial charge in [0.1, 0.15) is 0 Å². The molecule has 0 aliphatic heterocycles. The van der Waals surface area contributed by atoms with E-state index in [2.05, 4.69) is 31.1 Å². The summed E-state index contributed by atoms with van der Waals surface area (Å²) in [5.74, 6) is 0.613. The first-order chi connectivity index (χ1) is 9.09. The van der Waals surface area contributed by atoms with E-state index in [0.717, 1.165) is 11.3 Å². The fraction of sp³-hybridized carbons (Fsp3) is 0.529. The van der Waals surface area contributed by atoms with Crippen molar-refractivity contribution in [3.63, 3.8) is 0 Å². The maximum absolute atomic E-state index is 8.63. The number of rotatable bonds is 3. The van der Waals surface area contributed by atoms with Crippen molar-refractivity contribution in [2.45, 2.75) is 46.0 Å². The van der Waals surface area contributed by atoms with Gasteiger partial charge in [-0.15, -0.1) is 0 Å². The molecular formula is C17H22N2. The second-order valence-electron chi connectivity index (χ2n) is 6.30. The van der Waals surface area contributed by atoms with Crippen molar-refractivity contribution in [1.29, 1.82) is 5.26 Å². The molecule has 0 aromatic heterocycles. The molecule has 0 radical (unpaired) electrons. The van der Waals surface area contributed by atoms with Crippen LogP contribution in [0.2, 0.25) is 0 Å². The van der Waals surface area contributed by atoms with E-state index in [1.54, 1.807) is 0 Å². The Kier molecular flexibility index (Phi) is 4.37. The molecule has 0 amide bonds. The van der Waals surface area contributed by atoms with Crippen LogP contribution in [-0.2, 0) is 6.42 Å². The maximum Gasteiger partial charge on any atom is 0.0669 e. The van der Waals surface area contributed by atoms with Gasteiger partial charge in [-0.1, -0.05) is 32.4 Å². The Morgan fingerprint density at radius 2 is 2.11 bits per heavy atom. The molecule has 0 spiro atoms. The van der Waals surface area contributed by atoms with Crippen LogP contribution < -0.4 is 0 Å². The van der Waals surface area contributed by atoms with Gasteiger partial charge in [0, 0.05) is 6.21 Å². The van der Waals surface area contributed by atoms with E-state index in [1.165, 1.54) is 25.7 Å². The Hall–Kier alpha value is -1.62. The normalized spacial score (nSPS) is 22.3. The van der Waals surface area contributed by atoms with E-state index in [4.69, 9.17) is 5.26 Å². The molecule has 1 aliphatic rings. The predicted octanol–water partition coefficient (Wildman–Crippen LogP) is 4.67. The lowest BCUT2D eigenvalue weighted by Crippen LogP contribution is -2.23. The second kappa shape index (κ2) is 6.02. The van der Waals surface area contributed by atoms with Gasteiger partial charge in [-0.2, -0.15) is 5.26 Å². The van der Waals surface area contributed by atoms with Crippen LogP contribution in [0, 0.1) is 22.7 Å². The molecule has 1 aromatic rings. The summed E-state index contributed by atoms with van der Waals surface area (Å²) in [6.45, 7) is 4.70. The smallest absolute Gasteiger partial charge is 0.0669 e. The summed E-state index contributed by atoms with van der Waals surface area (Å²) in [5.41, 5.74) is 2.51. The van der Waals surface area contributed by atoms with Gasteiger partial charge in [-0.3, -0.25) is 4.99 Å². The molecule has 1 aliphatic carbocycles. The molecule has 19 heavy (non-hydrogen) atoms. The lowest BCUT2D eigenvalue weighted by molar-refractivity contribution is 0.218. The van der Waals surface area contributed by atoms with Gasteiger partial charge in [-0.25, -0.2) is 0 Å². The highest BCUT2D eigenvalue weighted by Crippen LogP contribution is 2.37. The summed E-state index contributed by atoms with van der Waals surface area (Å²) >= 11 is 0. The zero-order valence-corrected chi connectivity index (χ0v) is 11.9. The predicted molar refractivity (Wildman–Crippen MR) is 79.7 cm³/mol. The summed E-state index contributed by atoms with van der Waals surface area (Å²) in [6.07, 6.45) is 7.74. The van der Waals surface area contributed by atoms with Crippen LogP contribution in [0.1, 0.15) is 45.1 Å². The minimum atomic E-state index is 0.464. The Labute approximate surface area is 116 Å². The fourth-order valence-electron chi connectivity index (χ4n) is 2.87. The van der Waals surface area contributed by atoms with E-state index < -0.39 is 0 Å². The van der Waals surface area contributed by atoms with Crippen molar-refractivity contribution < 1.29 is 0 Å². The Balaban J connectivity index is 1.96. The molecule has 100 valence electrons. The van der Waals surface area contributed by atoms with E-state index in [0.29, 0.717) is 17.8 Å². The van der Waals surface area contributed by atoms with Crippen molar-refractivity contribution in [3.8, 4) is 6.07 Å². The lowest BCUT2D eigenvalue weighted by Gasteiger charge is -2.33. The van der Waals surface area contributed by atoms with Crippen LogP contribution >= 0.6 is 0 Å². The van der Waals surface area contributed by atoms with Gasteiger partial charge in [0.2, 0.25) is 0 Å². The van der Waals surface area contributed by atoms with Crippen LogP contribution in [0.3, 0.4) is 0 Å². The minimum absolute atomic E-state index is 0.464. The number of benzene rings is 1. The quantitative estimate of drug-likeness (QED) is 0.722. The SMILES string of the molecule is CC1(C)CCC[C@H](/C=N/c2ccc(CC#N)cc2)C1. The summed E-state index contributed by atoms with van der Waals surface area (Å²) in [6, 6.07) is 10.1. The van der Waals surface area contributed by atoms with Gasteiger partial charge in [0.25, 0.3) is 0 Å². The zero-order valence-electron chi connectivity index (χ0n) is 11.9. The van der Waals surface area contributed by atoms with Crippen LogP contribution in [0.4, 0.5) is 5.69 Å². The van der Waals surface area contributed by atoms with Crippen molar-refractivity contribution in [2.24, 2.45) is 16.3 Å². The summed E-state index contributed by atoms with van der Waals surface area (Å²) in [4.78, 5) is 4.59. The van der Waals surface area contributed by atoms with E-state index in [1.807, 2.05) is 24.3 Å². The standard InChI is InChI=1S/C17H22N2/c1-17(2)10-3-4-15(12-17)13-19-16-7-5-14(6-8-16)9-11-18/h5-8,13,15H,3-4,9-10,12H2,1-2H3/b19-13+/t15-/m0/s1. The number of hydrogen-bond acceptors (Lipinski definition) is 2. The van der Waals surface area contributed by atoms with Crippen molar-refractivity contribution in [3.05, 3.63) is 29.8 Å². The van der Waals surface area contributed by atoms with Gasteiger partial charge in [0.05, 0.1) is 18.2 Å². The Bertz CT molecular complexity index is 477. The number of aliphatic imine (C=N–C) groups is 1. The third-order valence-electron chi connectivity index (χ3n) is 3.90. The Morgan fingerprint density at radius 3 is 2.74 bits per heavy atom. The van der Waals surface area contributed by atoms with Gasteiger partial charge in [0.15, 0.2) is 0 Å². The highest BCUT2D eigenvalue weighted by atomic mass is 14.7. The third-order valence-corrected chi connectivity index (χ3v) is 3.90. The second-order valence-corrected chi connectivity index (χ2v) is 6.30. The van der Waals surface area contributed by atoms with Gasteiger partial charge in [-0.05, 0) is 48.3 Å². The van der Waals surface area contributed by atoms with Crippen LogP contribution in [-0.4, -0.2) is 6.21 Å². The highest BCUT2D eigenvalue weighted by Gasteiger charge is 2.26. The summed E-state index contributed by atoms with van der Waals surface area (Å²) in [7, 11) is 0. The average molecular weight is 254 g/mol. The van der Waals surface area contributed by atoms with Crippen LogP contribution in [0.5, 0.6) is 0 Å². The van der Waals surface area contributed by atoms with E-state index in [9.17, 15) is 0 Å². The molecule has 0 bridgehead atoms. The minimum Gasteiger partial charge on any atom is -0.261 e. The van der Waals surface area contributed by atoms with Crippen molar-refractivity contribution in [2.75, 3.05) is 0 Å². The molecule has 1 fully saturated rings. The first-order valence-electron chi connectivity index (χ1n) is 7.09. The molecule has 2 rings (SSSR count). The molecule has 0 saturated heterocycles. The Morgan fingerprint density at radius 1 is 1.37 bits per heavy atom. The average Bonchev–Trinajstić information content (AvgIpc) is 2.37. The fourth-order valence-corrected chi connectivity index (χ4v) is 2.87. The molecule has 2 nitrogen and oxygen atoms in total. The summed E-state index contributed by atoms with van der Waals surface area (Å²) in [5, 5.41) is 8.63. The van der Waals surface area contributed by atoms with E-state index in [-0.39, 0.29) is 0 Å². The number of hydrogen-bond donors (Lipinski definition) is 0. The summed E-state index contributed by atoms with van der Waals surface area (Å²) < 4.78 is 0. The van der Waals surface area contributed by atoms with Crippen LogP contribution in [0.15, 0.2) is 29.3 Å². The molecule has 0 unspecified atom stereocenters. The van der Waals surface area contributed by atoms with Crippen LogP contribution in [0.25, 0.3) is 0 Å². The molecule has 0 N–H and O–H groups in total. The van der Waals surface area contributed by atoms with E-state index >= 15 is 0 Å². The maximum atomic E-state index is 8.63. The van der Waals surface area contributed by atoms with Crippen molar-refractivity contribution >= 4 is 11.9 Å². The third kappa shape index (κ3) is 4.21. The number of nitrogens with zero attached hydrogens (tertiary/aromatic N) is 2. The van der Waals surface area contributed by atoms with Gasteiger partial charge >= 0.3 is 0 Å². The van der Waals surface area contributed by atoms with Gasteiger partial charge < -0.3 is 0 Å². The monoisotopic (exact) mass is 254 g/mol. The largest absolute Gasteiger partial charge is 0.261 e. The number of nitriles is 1.